The number of benzene rings is 1. The van der Waals surface area contributed by atoms with Crippen molar-refractivity contribution in [1.82, 2.24) is 4.90 Å². The van der Waals surface area contributed by atoms with E-state index < -0.39 is 0 Å². The lowest BCUT2D eigenvalue weighted by molar-refractivity contribution is 0.287. The molecule has 2 atom stereocenters. The zero-order valence-electron chi connectivity index (χ0n) is 10.4. The zero-order valence-corrected chi connectivity index (χ0v) is 10.4. The summed E-state index contributed by atoms with van der Waals surface area (Å²) in [4.78, 5) is 2.54. The minimum absolute atomic E-state index is 0.677. The highest BCUT2D eigenvalue weighted by Crippen LogP contribution is 2.47. The number of nitrogens with zero attached hydrogens (tertiary/aromatic N) is 1. The Morgan fingerprint density at radius 1 is 1.25 bits per heavy atom. The van der Waals surface area contributed by atoms with Gasteiger partial charge < -0.3 is 9.64 Å². The summed E-state index contributed by atoms with van der Waals surface area (Å²) in [7, 11) is 1.76. The highest BCUT2D eigenvalue weighted by molar-refractivity contribution is 5.40. The quantitative estimate of drug-likeness (QED) is 0.755. The third-order valence-corrected chi connectivity index (χ3v) is 3.58. The molecule has 0 saturated heterocycles. The van der Waals surface area contributed by atoms with Crippen molar-refractivity contribution in [1.29, 1.82) is 0 Å². The molecule has 2 heteroatoms. The van der Waals surface area contributed by atoms with Gasteiger partial charge >= 0.3 is 0 Å². The zero-order chi connectivity index (χ0) is 11.5. The third kappa shape index (κ3) is 2.07. The average Bonchev–Trinajstić information content (AvgIpc) is 3.11. The van der Waals surface area contributed by atoms with E-state index in [0.29, 0.717) is 5.92 Å². The van der Waals surface area contributed by atoms with Crippen LogP contribution in [0.25, 0.3) is 0 Å². The maximum Gasteiger partial charge on any atom is 0.122 e. The summed E-state index contributed by atoms with van der Waals surface area (Å²) in [6.07, 6.45) is 1.28. The maximum absolute atomic E-state index is 5.42. The van der Waals surface area contributed by atoms with Gasteiger partial charge in [-0.05, 0) is 31.1 Å². The van der Waals surface area contributed by atoms with Crippen molar-refractivity contribution in [3.05, 3.63) is 29.8 Å². The first kappa shape index (κ1) is 11.5. The maximum atomic E-state index is 5.42. The van der Waals surface area contributed by atoms with Crippen LogP contribution in [0.2, 0.25) is 0 Å². The Hall–Kier alpha value is -1.02. The van der Waals surface area contributed by atoms with E-state index in [2.05, 4.69) is 36.9 Å². The molecular weight excluding hydrogens is 198 g/mol. The number of methoxy groups -OCH3 is 1. The van der Waals surface area contributed by atoms with Crippen LogP contribution in [0.4, 0.5) is 0 Å². The van der Waals surface area contributed by atoms with E-state index in [-0.39, 0.29) is 0 Å². The van der Waals surface area contributed by atoms with E-state index in [1.54, 1.807) is 7.11 Å². The summed E-state index contributed by atoms with van der Waals surface area (Å²) in [6.45, 7) is 6.77. The van der Waals surface area contributed by atoms with Crippen LogP contribution in [0.3, 0.4) is 0 Å². The first-order chi connectivity index (χ1) is 7.81. The molecule has 1 aromatic rings. The van der Waals surface area contributed by atoms with E-state index in [9.17, 15) is 0 Å². The molecule has 2 rings (SSSR count). The molecule has 0 radical (unpaired) electrons. The molecule has 1 aliphatic carbocycles. The molecule has 16 heavy (non-hydrogen) atoms. The minimum atomic E-state index is 0.677. The van der Waals surface area contributed by atoms with Crippen molar-refractivity contribution < 1.29 is 4.74 Å². The Labute approximate surface area is 98.2 Å². The Morgan fingerprint density at radius 3 is 2.56 bits per heavy atom. The predicted molar refractivity (Wildman–Crippen MR) is 67.1 cm³/mol. The lowest BCUT2D eigenvalue weighted by atomic mass is 10.1. The highest BCUT2D eigenvalue weighted by Gasteiger charge is 2.42. The Morgan fingerprint density at radius 2 is 1.94 bits per heavy atom. The molecule has 1 aromatic carbocycles. The van der Waals surface area contributed by atoms with Gasteiger partial charge in [-0.25, -0.2) is 0 Å². The summed E-state index contributed by atoms with van der Waals surface area (Å²) in [5, 5.41) is 0. The predicted octanol–water partition coefficient (Wildman–Crippen LogP) is 2.89. The monoisotopic (exact) mass is 219 g/mol. The van der Waals surface area contributed by atoms with Gasteiger partial charge in [0.25, 0.3) is 0 Å². The Bertz CT molecular complexity index is 346. The molecule has 88 valence electrons. The van der Waals surface area contributed by atoms with Crippen molar-refractivity contribution in [2.24, 2.45) is 0 Å². The second kappa shape index (κ2) is 4.88. The molecule has 0 aliphatic heterocycles. The standard InChI is InChI=1S/C14H21NO/c1-4-15(5-2)13-10-12(13)11-8-6-7-9-14(11)16-3/h6-9,12-13H,4-5,10H2,1-3H3. The van der Waals surface area contributed by atoms with Crippen LogP contribution in [-0.4, -0.2) is 31.1 Å². The molecule has 0 bridgehead atoms. The van der Waals surface area contributed by atoms with Crippen molar-refractivity contribution in [2.75, 3.05) is 20.2 Å². The van der Waals surface area contributed by atoms with Crippen LogP contribution in [0.1, 0.15) is 31.7 Å². The smallest absolute Gasteiger partial charge is 0.122 e. The minimum Gasteiger partial charge on any atom is -0.496 e. The molecule has 1 saturated carbocycles. The molecule has 0 amide bonds. The lowest BCUT2D eigenvalue weighted by Crippen LogP contribution is -2.26. The fourth-order valence-electron chi connectivity index (χ4n) is 2.58. The summed E-state index contributed by atoms with van der Waals surface area (Å²) >= 11 is 0. The average molecular weight is 219 g/mol. The Balaban J connectivity index is 2.10. The molecule has 2 nitrogen and oxygen atoms in total. The van der Waals surface area contributed by atoms with Gasteiger partial charge in [0.05, 0.1) is 7.11 Å². The van der Waals surface area contributed by atoms with E-state index in [4.69, 9.17) is 4.74 Å². The number of likely N-dealkylation sites (N-methyl/N-ethyl adjacent to an activating group) is 1. The second-order valence-electron chi connectivity index (χ2n) is 4.37. The number of hydrogen-bond donors (Lipinski definition) is 0. The summed E-state index contributed by atoms with van der Waals surface area (Å²) in [6, 6.07) is 9.14. The van der Waals surface area contributed by atoms with Crippen molar-refractivity contribution in [2.45, 2.75) is 32.2 Å². The van der Waals surface area contributed by atoms with Crippen molar-refractivity contribution in [3.63, 3.8) is 0 Å². The van der Waals surface area contributed by atoms with Crippen LogP contribution in [0, 0.1) is 0 Å². The van der Waals surface area contributed by atoms with Crippen LogP contribution >= 0.6 is 0 Å². The van der Waals surface area contributed by atoms with Crippen LogP contribution in [0.5, 0.6) is 5.75 Å². The lowest BCUT2D eigenvalue weighted by Gasteiger charge is -2.18. The molecule has 0 aromatic heterocycles. The molecule has 0 heterocycles. The molecule has 2 unspecified atom stereocenters. The van der Waals surface area contributed by atoms with Gasteiger partial charge in [-0.3, -0.25) is 0 Å². The second-order valence-corrected chi connectivity index (χ2v) is 4.37. The highest BCUT2D eigenvalue weighted by atomic mass is 16.5. The first-order valence-corrected chi connectivity index (χ1v) is 6.18. The number of rotatable bonds is 5. The van der Waals surface area contributed by atoms with Crippen LogP contribution < -0.4 is 4.74 Å². The topological polar surface area (TPSA) is 12.5 Å². The molecule has 0 N–H and O–H groups in total. The fraction of sp³-hybridized carbons (Fsp3) is 0.571. The normalized spacial score (nSPS) is 23.5. The number of para-hydroxylation sites is 1. The van der Waals surface area contributed by atoms with Crippen molar-refractivity contribution >= 4 is 0 Å². The van der Waals surface area contributed by atoms with Gasteiger partial charge in [0.2, 0.25) is 0 Å². The van der Waals surface area contributed by atoms with Gasteiger partial charge in [-0.15, -0.1) is 0 Å². The summed E-state index contributed by atoms with van der Waals surface area (Å²) < 4.78 is 5.42. The molecule has 0 spiro atoms. The molecule has 1 fully saturated rings. The van der Waals surface area contributed by atoms with Crippen LogP contribution in [0.15, 0.2) is 24.3 Å². The van der Waals surface area contributed by atoms with E-state index >= 15 is 0 Å². The van der Waals surface area contributed by atoms with Gasteiger partial charge in [-0.2, -0.15) is 0 Å². The molecular formula is C14H21NO. The summed E-state index contributed by atoms with van der Waals surface area (Å²) in [5.41, 5.74) is 1.38. The summed E-state index contributed by atoms with van der Waals surface area (Å²) in [5.74, 6) is 1.72. The molecule has 1 aliphatic rings. The van der Waals surface area contributed by atoms with Gasteiger partial charge in [0, 0.05) is 12.0 Å². The van der Waals surface area contributed by atoms with E-state index in [1.807, 2.05) is 6.07 Å². The Kier molecular flexibility index (Phi) is 3.49. The third-order valence-electron chi connectivity index (χ3n) is 3.58. The largest absolute Gasteiger partial charge is 0.496 e. The van der Waals surface area contributed by atoms with Gasteiger partial charge in [0.1, 0.15) is 5.75 Å². The fourth-order valence-corrected chi connectivity index (χ4v) is 2.58. The van der Waals surface area contributed by atoms with Crippen LogP contribution in [-0.2, 0) is 0 Å². The van der Waals surface area contributed by atoms with Gasteiger partial charge in [0.15, 0.2) is 0 Å². The number of hydrogen-bond acceptors (Lipinski definition) is 2. The van der Waals surface area contributed by atoms with Crippen molar-refractivity contribution in [3.8, 4) is 5.75 Å². The van der Waals surface area contributed by atoms with E-state index in [0.717, 1.165) is 24.9 Å². The van der Waals surface area contributed by atoms with Gasteiger partial charge in [-0.1, -0.05) is 32.0 Å². The number of ether oxygens (including phenoxy) is 1. The first-order valence-electron chi connectivity index (χ1n) is 6.18. The SMILES string of the molecule is CCN(CC)C1CC1c1ccccc1OC. The van der Waals surface area contributed by atoms with E-state index in [1.165, 1.54) is 12.0 Å².